The lowest BCUT2D eigenvalue weighted by atomic mass is 10.1. The summed E-state index contributed by atoms with van der Waals surface area (Å²) in [5, 5.41) is 10.1. The van der Waals surface area contributed by atoms with Crippen molar-refractivity contribution < 1.29 is 32.2 Å². The zero-order valence-corrected chi connectivity index (χ0v) is 19.9. The minimum absolute atomic E-state index is 0.0605. The van der Waals surface area contributed by atoms with Crippen molar-refractivity contribution in [3.8, 4) is 5.88 Å². The Balaban J connectivity index is 2.01. The Bertz CT molecular complexity index is 1210. The Morgan fingerprint density at radius 2 is 1.94 bits per heavy atom. The summed E-state index contributed by atoms with van der Waals surface area (Å²) in [5.41, 5.74) is 12.0. The molecule has 1 aromatic carbocycles. The lowest BCUT2D eigenvalue weighted by Gasteiger charge is -2.23. The summed E-state index contributed by atoms with van der Waals surface area (Å²) in [4.78, 5) is 16.2. The molecule has 3 rings (SSSR count). The highest BCUT2D eigenvalue weighted by molar-refractivity contribution is 5.99. The smallest absolute Gasteiger partial charge is 0.388 e. The molecule has 0 radical (unpaired) electrons. The van der Waals surface area contributed by atoms with Gasteiger partial charge in [-0.1, -0.05) is 0 Å². The van der Waals surface area contributed by atoms with E-state index in [4.69, 9.17) is 20.9 Å². The summed E-state index contributed by atoms with van der Waals surface area (Å²) in [6.07, 6.45) is 0. The number of alkyl halides is 2. The molecule has 11 nitrogen and oxygen atoms in total. The maximum absolute atomic E-state index is 14.7. The Hall–Kier alpha value is -3.62. The number of nitrogens with one attached hydrogen (secondary N) is 2. The van der Waals surface area contributed by atoms with E-state index in [1.54, 1.807) is 19.1 Å². The van der Waals surface area contributed by atoms with E-state index in [1.807, 2.05) is 0 Å². The highest BCUT2D eigenvalue weighted by Crippen LogP contribution is 2.31. The normalized spacial score (nSPS) is 13.1. The van der Waals surface area contributed by atoms with Gasteiger partial charge in [0.15, 0.2) is 11.6 Å². The molecule has 0 unspecified atom stereocenters. The monoisotopic (exact) mass is 511 g/mol. The molecule has 0 aliphatic carbocycles. The van der Waals surface area contributed by atoms with E-state index in [2.05, 4.69) is 25.5 Å². The number of amides is 1. The van der Waals surface area contributed by atoms with Crippen LogP contribution in [0.25, 0.3) is 10.9 Å². The molecule has 0 spiro atoms. The number of carbonyl (C=O) groups is 1. The Kier molecular flexibility index (Phi) is 8.90. The van der Waals surface area contributed by atoms with Gasteiger partial charge in [0.25, 0.3) is 5.91 Å². The number of methoxy groups -OCH3 is 2. The van der Waals surface area contributed by atoms with Crippen LogP contribution >= 0.6 is 0 Å². The van der Waals surface area contributed by atoms with Gasteiger partial charge in [0, 0.05) is 25.9 Å². The highest BCUT2D eigenvalue weighted by atomic mass is 19.3. The summed E-state index contributed by atoms with van der Waals surface area (Å²) in [7, 11) is 2.98. The SMILES string of the molecule is COCCn1nc(OC(F)F)c2cc(Nc3nc(N[C@H](COC)[C@H](C)N)c(F)cc3C(N)=O)ccc21. The molecule has 36 heavy (non-hydrogen) atoms. The number of nitrogens with two attached hydrogens (primary N) is 2. The van der Waals surface area contributed by atoms with Crippen molar-refractivity contribution in [2.24, 2.45) is 11.5 Å². The van der Waals surface area contributed by atoms with E-state index in [-0.39, 0.29) is 35.1 Å². The number of nitrogens with zero attached hydrogens (tertiary/aromatic N) is 3. The summed E-state index contributed by atoms with van der Waals surface area (Å²) in [6, 6.07) is 4.77. The van der Waals surface area contributed by atoms with Crippen LogP contribution in [0.2, 0.25) is 0 Å². The quantitative estimate of drug-likeness (QED) is 0.271. The zero-order chi connectivity index (χ0) is 26.4. The number of aromatic nitrogens is 3. The number of carbonyl (C=O) groups excluding carboxylic acids is 1. The molecule has 196 valence electrons. The molecule has 1 amide bonds. The van der Waals surface area contributed by atoms with Crippen molar-refractivity contribution in [3.63, 3.8) is 0 Å². The third-order valence-corrected chi connectivity index (χ3v) is 5.23. The molecule has 2 heterocycles. The van der Waals surface area contributed by atoms with Crippen molar-refractivity contribution in [1.82, 2.24) is 14.8 Å². The topological polar surface area (TPSA) is 152 Å². The van der Waals surface area contributed by atoms with Crippen molar-refractivity contribution in [1.29, 1.82) is 0 Å². The summed E-state index contributed by atoms with van der Waals surface area (Å²) >= 11 is 0. The number of benzene rings is 1. The van der Waals surface area contributed by atoms with Crippen LogP contribution in [0.5, 0.6) is 5.88 Å². The second kappa shape index (κ2) is 11.9. The van der Waals surface area contributed by atoms with Gasteiger partial charge in [-0.15, -0.1) is 5.10 Å². The highest BCUT2D eigenvalue weighted by Gasteiger charge is 2.21. The minimum atomic E-state index is -3.09. The number of hydrogen-bond acceptors (Lipinski definition) is 9. The fourth-order valence-corrected chi connectivity index (χ4v) is 3.44. The van der Waals surface area contributed by atoms with Gasteiger partial charge in [-0.25, -0.2) is 9.37 Å². The van der Waals surface area contributed by atoms with Gasteiger partial charge in [0.05, 0.1) is 42.3 Å². The lowest BCUT2D eigenvalue weighted by Crippen LogP contribution is -2.41. The van der Waals surface area contributed by atoms with Crippen LogP contribution in [0.15, 0.2) is 24.3 Å². The zero-order valence-electron chi connectivity index (χ0n) is 19.9. The van der Waals surface area contributed by atoms with Crippen molar-refractivity contribution in [2.45, 2.75) is 32.2 Å². The van der Waals surface area contributed by atoms with Gasteiger partial charge < -0.3 is 36.3 Å². The minimum Gasteiger partial charge on any atom is -0.415 e. The van der Waals surface area contributed by atoms with Gasteiger partial charge in [0.2, 0.25) is 5.88 Å². The molecular weight excluding hydrogens is 483 g/mol. The molecule has 0 aliphatic heterocycles. The van der Waals surface area contributed by atoms with E-state index < -0.39 is 30.4 Å². The standard InChI is InChI=1S/C22H28F3N7O4/c1-11(26)16(10-35-3)29-20-15(23)9-14(18(27)33)19(30-20)28-12-4-5-17-13(8-12)21(36-22(24)25)31-32(17)6-7-34-2/h4-5,8-9,11,16,22H,6-7,10,26H2,1-3H3,(H2,27,33)(H2,28,29,30)/t11-,16+/m0/s1. The Labute approximate surface area is 204 Å². The summed E-state index contributed by atoms with van der Waals surface area (Å²) < 4.78 is 56.8. The average Bonchev–Trinajstić information content (AvgIpc) is 3.14. The van der Waals surface area contributed by atoms with Crippen LogP contribution in [0.3, 0.4) is 0 Å². The Morgan fingerprint density at radius 1 is 1.19 bits per heavy atom. The third-order valence-electron chi connectivity index (χ3n) is 5.23. The fraction of sp³-hybridized carbons (Fsp3) is 0.409. The molecule has 3 aromatic rings. The van der Waals surface area contributed by atoms with Crippen LogP contribution in [0, 0.1) is 5.82 Å². The maximum Gasteiger partial charge on any atom is 0.388 e. The molecular formula is C22H28F3N7O4. The third kappa shape index (κ3) is 6.33. The second-order valence-corrected chi connectivity index (χ2v) is 7.90. The van der Waals surface area contributed by atoms with E-state index in [0.717, 1.165) is 6.07 Å². The van der Waals surface area contributed by atoms with Crippen LogP contribution in [0.1, 0.15) is 17.3 Å². The average molecular weight is 512 g/mol. The number of pyridine rings is 1. The van der Waals surface area contributed by atoms with Crippen LogP contribution in [0.4, 0.5) is 30.5 Å². The number of hydrogen-bond donors (Lipinski definition) is 4. The molecule has 6 N–H and O–H groups in total. The fourth-order valence-electron chi connectivity index (χ4n) is 3.44. The van der Waals surface area contributed by atoms with Gasteiger partial charge in [-0.3, -0.25) is 9.48 Å². The summed E-state index contributed by atoms with van der Waals surface area (Å²) in [5.74, 6) is -2.28. The first-order valence-electron chi connectivity index (χ1n) is 10.9. The molecule has 14 heteroatoms. The second-order valence-electron chi connectivity index (χ2n) is 7.90. The van der Waals surface area contributed by atoms with Gasteiger partial charge in [-0.05, 0) is 31.2 Å². The molecule has 0 aliphatic rings. The van der Waals surface area contributed by atoms with E-state index in [0.29, 0.717) is 24.4 Å². The van der Waals surface area contributed by atoms with Gasteiger partial charge >= 0.3 is 6.61 Å². The molecule has 0 saturated carbocycles. The van der Waals surface area contributed by atoms with E-state index in [9.17, 15) is 18.0 Å². The number of primary amides is 1. The van der Waals surface area contributed by atoms with Crippen LogP contribution < -0.4 is 26.8 Å². The largest absolute Gasteiger partial charge is 0.415 e. The van der Waals surface area contributed by atoms with E-state index >= 15 is 0 Å². The lowest BCUT2D eigenvalue weighted by molar-refractivity contribution is -0.0523. The predicted octanol–water partition coefficient (Wildman–Crippen LogP) is 2.43. The number of fused-ring (bicyclic) bond motifs is 1. The number of ether oxygens (including phenoxy) is 3. The number of rotatable bonds is 13. The van der Waals surface area contributed by atoms with E-state index in [1.165, 1.54) is 25.0 Å². The number of anilines is 3. The Morgan fingerprint density at radius 3 is 2.56 bits per heavy atom. The van der Waals surface area contributed by atoms with Gasteiger partial charge in [-0.2, -0.15) is 8.78 Å². The van der Waals surface area contributed by atoms with Gasteiger partial charge in [0.1, 0.15) is 5.82 Å². The first-order valence-corrected chi connectivity index (χ1v) is 10.9. The molecule has 2 atom stereocenters. The van der Waals surface area contributed by atoms with Crippen molar-refractivity contribution in [2.75, 3.05) is 38.1 Å². The van der Waals surface area contributed by atoms with Crippen LogP contribution in [-0.2, 0) is 16.0 Å². The first-order chi connectivity index (χ1) is 17.1. The maximum atomic E-state index is 14.7. The molecule has 0 bridgehead atoms. The number of halogens is 3. The first kappa shape index (κ1) is 27.0. The molecule has 0 fully saturated rings. The van der Waals surface area contributed by atoms with Crippen LogP contribution in [-0.4, -0.2) is 66.8 Å². The van der Waals surface area contributed by atoms with Crippen molar-refractivity contribution >= 4 is 34.1 Å². The predicted molar refractivity (Wildman–Crippen MR) is 127 cm³/mol. The molecule has 0 saturated heterocycles. The van der Waals surface area contributed by atoms with Crippen molar-refractivity contribution in [3.05, 3.63) is 35.6 Å². The molecule has 2 aromatic heterocycles. The summed E-state index contributed by atoms with van der Waals surface area (Å²) in [6.45, 7) is -0.597.